The zero-order valence-corrected chi connectivity index (χ0v) is 17.8. The van der Waals surface area contributed by atoms with Gasteiger partial charge in [0.1, 0.15) is 5.75 Å². The molecule has 0 atom stereocenters. The molecule has 2 aromatic rings. The summed E-state index contributed by atoms with van der Waals surface area (Å²) in [5, 5.41) is 6.60. The first kappa shape index (κ1) is 22.0. The molecule has 2 rings (SSSR count). The Bertz CT molecular complexity index is 695. The van der Waals surface area contributed by atoms with Crippen LogP contribution in [0.1, 0.15) is 25.0 Å². The molecule has 0 aliphatic heterocycles. The van der Waals surface area contributed by atoms with Gasteiger partial charge < -0.3 is 20.1 Å². The third-order valence-corrected chi connectivity index (χ3v) is 3.49. The van der Waals surface area contributed by atoms with Crippen LogP contribution >= 0.6 is 24.0 Å². The number of benzene rings is 1. The number of pyridine rings is 1. The van der Waals surface area contributed by atoms with Crippen LogP contribution in [0.4, 0.5) is 0 Å². The first-order valence-electron chi connectivity index (χ1n) is 8.49. The smallest absolute Gasteiger partial charge is 0.213 e. The van der Waals surface area contributed by atoms with Crippen molar-refractivity contribution in [3.05, 3.63) is 53.7 Å². The maximum atomic E-state index is 5.65. The van der Waals surface area contributed by atoms with Gasteiger partial charge in [-0.05, 0) is 31.5 Å². The molecule has 1 heterocycles. The van der Waals surface area contributed by atoms with Crippen LogP contribution in [0.25, 0.3) is 0 Å². The lowest BCUT2D eigenvalue weighted by molar-refractivity contribution is 0.326. The maximum absolute atomic E-state index is 5.65. The van der Waals surface area contributed by atoms with E-state index in [1.54, 1.807) is 13.2 Å². The third kappa shape index (κ3) is 7.07. The van der Waals surface area contributed by atoms with Crippen molar-refractivity contribution in [3.8, 4) is 11.6 Å². The van der Waals surface area contributed by atoms with E-state index in [1.165, 1.54) is 0 Å². The number of para-hydroxylation sites is 1. The third-order valence-electron chi connectivity index (χ3n) is 3.49. The number of nitrogens with one attached hydrogen (secondary N) is 2. The van der Waals surface area contributed by atoms with E-state index in [2.05, 4.69) is 20.6 Å². The highest BCUT2D eigenvalue weighted by Gasteiger charge is 2.05. The Kier molecular flexibility index (Phi) is 10.5. The molecule has 0 amide bonds. The molecule has 0 unspecified atom stereocenters. The molecule has 7 heteroatoms. The van der Waals surface area contributed by atoms with E-state index < -0.39 is 0 Å². The van der Waals surface area contributed by atoms with E-state index in [4.69, 9.17) is 9.47 Å². The highest BCUT2D eigenvalue weighted by molar-refractivity contribution is 14.0. The molecule has 0 saturated heterocycles. The molecule has 0 fully saturated rings. The van der Waals surface area contributed by atoms with E-state index in [1.807, 2.05) is 50.2 Å². The molecule has 2 N–H and O–H groups in total. The number of nitrogens with zero attached hydrogens (tertiary/aromatic N) is 2. The van der Waals surface area contributed by atoms with Crippen LogP contribution < -0.4 is 20.1 Å². The predicted octanol–water partition coefficient (Wildman–Crippen LogP) is 3.36. The number of guanidine groups is 1. The standard InChI is InChI=1S/C19H26N4O2.HI/c1-4-24-17-9-7-6-8-16(17)14-23-19(20-3)22-13-15-10-11-21-18(12-15)25-5-2;/h6-12H,4-5,13-14H2,1-3H3,(H2,20,22,23);1H. The van der Waals surface area contributed by atoms with Crippen molar-refractivity contribution in [2.45, 2.75) is 26.9 Å². The van der Waals surface area contributed by atoms with E-state index in [9.17, 15) is 0 Å². The fourth-order valence-electron chi connectivity index (χ4n) is 2.32. The van der Waals surface area contributed by atoms with Crippen LogP contribution in [-0.2, 0) is 13.1 Å². The summed E-state index contributed by atoms with van der Waals surface area (Å²) in [5.41, 5.74) is 2.17. The summed E-state index contributed by atoms with van der Waals surface area (Å²) in [5.74, 6) is 2.25. The zero-order valence-electron chi connectivity index (χ0n) is 15.5. The maximum Gasteiger partial charge on any atom is 0.213 e. The molecule has 0 aliphatic rings. The summed E-state index contributed by atoms with van der Waals surface area (Å²) in [4.78, 5) is 8.43. The number of halogens is 1. The Morgan fingerprint density at radius 3 is 2.50 bits per heavy atom. The summed E-state index contributed by atoms with van der Waals surface area (Å²) in [7, 11) is 1.75. The van der Waals surface area contributed by atoms with Gasteiger partial charge >= 0.3 is 0 Å². The molecule has 26 heavy (non-hydrogen) atoms. The van der Waals surface area contributed by atoms with Gasteiger partial charge in [0.25, 0.3) is 0 Å². The molecule has 0 spiro atoms. The molecular formula is C19H27IN4O2. The van der Waals surface area contributed by atoms with Crippen molar-refractivity contribution in [1.29, 1.82) is 0 Å². The molecule has 0 saturated carbocycles. The fraction of sp³-hybridized carbons (Fsp3) is 0.368. The molecule has 0 aliphatic carbocycles. The first-order chi connectivity index (χ1) is 12.3. The molecule has 1 aromatic heterocycles. The topological polar surface area (TPSA) is 67.8 Å². The molecule has 1 aromatic carbocycles. The number of aromatic nitrogens is 1. The SMILES string of the molecule is CCOc1cc(CNC(=NC)NCc2ccccc2OCC)ccn1.I. The lowest BCUT2D eigenvalue weighted by Crippen LogP contribution is -2.36. The van der Waals surface area contributed by atoms with Crippen LogP contribution in [0, 0.1) is 0 Å². The van der Waals surface area contributed by atoms with Crippen LogP contribution in [-0.4, -0.2) is 31.2 Å². The van der Waals surface area contributed by atoms with Crippen molar-refractivity contribution in [2.75, 3.05) is 20.3 Å². The minimum atomic E-state index is 0. The Hall–Kier alpha value is -2.03. The molecule has 142 valence electrons. The Morgan fingerprint density at radius 1 is 1.04 bits per heavy atom. The van der Waals surface area contributed by atoms with Crippen LogP contribution in [0.3, 0.4) is 0 Å². The number of hydrogen-bond donors (Lipinski definition) is 2. The van der Waals surface area contributed by atoms with Crippen molar-refractivity contribution in [2.24, 2.45) is 4.99 Å². The van der Waals surface area contributed by atoms with Crippen molar-refractivity contribution >= 4 is 29.9 Å². The second-order valence-corrected chi connectivity index (χ2v) is 5.26. The summed E-state index contributed by atoms with van der Waals surface area (Å²) in [6.07, 6.45) is 1.75. The summed E-state index contributed by atoms with van der Waals surface area (Å²) in [6, 6.07) is 11.9. The Labute approximate surface area is 172 Å². The largest absolute Gasteiger partial charge is 0.494 e. The van der Waals surface area contributed by atoms with Gasteiger partial charge in [-0.1, -0.05) is 18.2 Å². The predicted molar refractivity (Wildman–Crippen MR) is 115 cm³/mol. The minimum Gasteiger partial charge on any atom is -0.494 e. The van der Waals surface area contributed by atoms with E-state index in [-0.39, 0.29) is 24.0 Å². The summed E-state index contributed by atoms with van der Waals surface area (Å²) < 4.78 is 11.1. The van der Waals surface area contributed by atoms with Crippen molar-refractivity contribution in [3.63, 3.8) is 0 Å². The van der Waals surface area contributed by atoms with Gasteiger partial charge in [0.15, 0.2) is 5.96 Å². The van der Waals surface area contributed by atoms with Gasteiger partial charge in [-0.2, -0.15) is 0 Å². The van der Waals surface area contributed by atoms with Crippen molar-refractivity contribution < 1.29 is 9.47 Å². The van der Waals surface area contributed by atoms with Crippen LogP contribution in [0.2, 0.25) is 0 Å². The number of ether oxygens (including phenoxy) is 2. The van der Waals surface area contributed by atoms with Gasteiger partial charge in [-0.3, -0.25) is 4.99 Å². The molecular weight excluding hydrogens is 443 g/mol. The molecule has 6 nitrogen and oxygen atoms in total. The summed E-state index contributed by atoms with van der Waals surface area (Å²) >= 11 is 0. The number of hydrogen-bond acceptors (Lipinski definition) is 4. The van der Waals surface area contributed by atoms with E-state index >= 15 is 0 Å². The zero-order chi connectivity index (χ0) is 17.9. The van der Waals surface area contributed by atoms with E-state index in [0.717, 1.165) is 22.8 Å². The highest BCUT2D eigenvalue weighted by atomic mass is 127. The van der Waals surface area contributed by atoms with Gasteiger partial charge in [-0.15, -0.1) is 24.0 Å². The quantitative estimate of drug-likeness (QED) is 0.352. The lowest BCUT2D eigenvalue weighted by atomic mass is 10.2. The number of aliphatic imine (C=N–C) groups is 1. The van der Waals surface area contributed by atoms with Gasteiger partial charge in [0, 0.05) is 38.0 Å². The lowest BCUT2D eigenvalue weighted by Gasteiger charge is -2.14. The monoisotopic (exact) mass is 470 g/mol. The Morgan fingerprint density at radius 2 is 1.77 bits per heavy atom. The second kappa shape index (κ2) is 12.3. The molecule has 0 bridgehead atoms. The second-order valence-electron chi connectivity index (χ2n) is 5.26. The van der Waals surface area contributed by atoms with Gasteiger partial charge in [0.05, 0.1) is 13.2 Å². The van der Waals surface area contributed by atoms with Gasteiger partial charge in [-0.25, -0.2) is 4.98 Å². The first-order valence-corrected chi connectivity index (χ1v) is 8.49. The van der Waals surface area contributed by atoms with Crippen LogP contribution in [0.5, 0.6) is 11.6 Å². The van der Waals surface area contributed by atoms with Crippen LogP contribution in [0.15, 0.2) is 47.6 Å². The normalized spacial score (nSPS) is 10.7. The minimum absolute atomic E-state index is 0. The number of rotatable bonds is 8. The Balaban J connectivity index is 0.00000338. The van der Waals surface area contributed by atoms with E-state index in [0.29, 0.717) is 32.2 Å². The van der Waals surface area contributed by atoms with Crippen molar-refractivity contribution in [1.82, 2.24) is 15.6 Å². The average molecular weight is 470 g/mol. The molecule has 0 radical (unpaired) electrons. The summed E-state index contributed by atoms with van der Waals surface area (Å²) in [6.45, 7) is 6.45. The highest BCUT2D eigenvalue weighted by Crippen LogP contribution is 2.17. The average Bonchev–Trinajstić information content (AvgIpc) is 2.64. The van der Waals surface area contributed by atoms with Gasteiger partial charge in [0.2, 0.25) is 5.88 Å². The fourth-order valence-corrected chi connectivity index (χ4v) is 2.32.